The minimum absolute atomic E-state index is 0.0593. The van der Waals surface area contributed by atoms with Gasteiger partial charge in [0.15, 0.2) is 0 Å². The van der Waals surface area contributed by atoms with Crippen LogP contribution in [-0.2, 0) is 9.47 Å². The summed E-state index contributed by atoms with van der Waals surface area (Å²) < 4.78 is 10.5. The van der Waals surface area contributed by atoms with Crippen molar-refractivity contribution < 1.29 is 14.3 Å². The molecule has 1 saturated heterocycles. The summed E-state index contributed by atoms with van der Waals surface area (Å²) in [5.41, 5.74) is 0. The lowest BCUT2D eigenvalue weighted by Crippen LogP contribution is -2.31. The van der Waals surface area contributed by atoms with E-state index >= 15 is 0 Å². The smallest absolute Gasteiger partial charge is 0.407 e. The molecule has 1 rings (SSSR count). The first-order chi connectivity index (χ1) is 7.18. The van der Waals surface area contributed by atoms with Crippen molar-refractivity contribution in [3.05, 3.63) is 0 Å². The largest absolute Gasteiger partial charge is 0.447 e. The zero-order valence-corrected chi connectivity index (χ0v) is 9.62. The first kappa shape index (κ1) is 12.3. The van der Waals surface area contributed by atoms with Gasteiger partial charge in [0, 0.05) is 13.2 Å². The lowest BCUT2D eigenvalue weighted by molar-refractivity contribution is 0.0113. The SMILES string of the molecule is CC(C)OC(=O)NCCC1CCCCO1. The maximum atomic E-state index is 11.1. The van der Waals surface area contributed by atoms with Gasteiger partial charge in [-0.25, -0.2) is 4.79 Å². The number of hydrogen-bond donors (Lipinski definition) is 1. The van der Waals surface area contributed by atoms with Crippen molar-refractivity contribution in [2.75, 3.05) is 13.2 Å². The molecule has 4 nitrogen and oxygen atoms in total. The maximum Gasteiger partial charge on any atom is 0.407 e. The van der Waals surface area contributed by atoms with Gasteiger partial charge in [-0.1, -0.05) is 0 Å². The van der Waals surface area contributed by atoms with E-state index in [0.717, 1.165) is 19.4 Å². The summed E-state index contributed by atoms with van der Waals surface area (Å²) in [7, 11) is 0. The molecular formula is C11H21NO3. The van der Waals surface area contributed by atoms with Crippen LogP contribution in [0.25, 0.3) is 0 Å². The van der Waals surface area contributed by atoms with E-state index in [1.807, 2.05) is 13.8 Å². The fourth-order valence-corrected chi connectivity index (χ4v) is 1.63. The van der Waals surface area contributed by atoms with Crippen LogP contribution >= 0.6 is 0 Å². The fourth-order valence-electron chi connectivity index (χ4n) is 1.63. The second-order valence-electron chi connectivity index (χ2n) is 4.16. The quantitative estimate of drug-likeness (QED) is 0.781. The summed E-state index contributed by atoms with van der Waals surface area (Å²) in [5.74, 6) is 0. The highest BCUT2D eigenvalue weighted by molar-refractivity contribution is 5.67. The van der Waals surface area contributed by atoms with Crippen LogP contribution in [0.2, 0.25) is 0 Å². The Bertz CT molecular complexity index is 188. The molecule has 0 aromatic heterocycles. The van der Waals surface area contributed by atoms with Crippen LogP contribution < -0.4 is 5.32 Å². The Kier molecular flexibility index (Phi) is 5.47. The molecule has 1 N–H and O–H groups in total. The van der Waals surface area contributed by atoms with Crippen LogP contribution in [-0.4, -0.2) is 31.5 Å². The van der Waals surface area contributed by atoms with Gasteiger partial charge in [0.05, 0.1) is 12.2 Å². The molecule has 0 spiro atoms. The van der Waals surface area contributed by atoms with Crippen molar-refractivity contribution in [3.63, 3.8) is 0 Å². The first-order valence-corrected chi connectivity index (χ1v) is 5.74. The third kappa shape index (κ3) is 5.62. The zero-order valence-electron chi connectivity index (χ0n) is 9.62. The van der Waals surface area contributed by atoms with Crippen molar-refractivity contribution in [1.29, 1.82) is 0 Å². The third-order valence-corrected chi connectivity index (χ3v) is 2.35. The molecule has 0 saturated carbocycles. The van der Waals surface area contributed by atoms with Crippen molar-refractivity contribution in [2.24, 2.45) is 0 Å². The van der Waals surface area contributed by atoms with E-state index in [0.29, 0.717) is 12.6 Å². The van der Waals surface area contributed by atoms with Crippen LogP contribution in [0.4, 0.5) is 4.79 Å². The average Bonchev–Trinajstić information content (AvgIpc) is 2.18. The number of rotatable bonds is 4. The Morgan fingerprint density at radius 2 is 2.33 bits per heavy atom. The van der Waals surface area contributed by atoms with Gasteiger partial charge in [0.1, 0.15) is 0 Å². The summed E-state index contributed by atoms with van der Waals surface area (Å²) >= 11 is 0. The number of nitrogens with one attached hydrogen (secondary N) is 1. The predicted octanol–water partition coefficient (Wildman–Crippen LogP) is 2.08. The van der Waals surface area contributed by atoms with Gasteiger partial charge in [-0.3, -0.25) is 0 Å². The average molecular weight is 215 g/mol. The highest BCUT2D eigenvalue weighted by Crippen LogP contribution is 2.14. The van der Waals surface area contributed by atoms with Gasteiger partial charge < -0.3 is 14.8 Å². The number of alkyl carbamates (subject to hydrolysis) is 1. The van der Waals surface area contributed by atoms with Crippen molar-refractivity contribution in [1.82, 2.24) is 5.32 Å². The van der Waals surface area contributed by atoms with Crippen LogP contribution in [0, 0.1) is 0 Å². The fraction of sp³-hybridized carbons (Fsp3) is 0.909. The van der Waals surface area contributed by atoms with Gasteiger partial charge in [0.25, 0.3) is 0 Å². The first-order valence-electron chi connectivity index (χ1n) is 5.74. The molecule has 15 heavy (non-hydrogen) atoms. The van der Waals surface area contributed by atoms with Crippen LogP contribution in [0.5, 0.6) is 0 Å². The topological polar surface area (TPSA) is 47.6 Å². The minimum atomic E-state index is -0.333. The lowest BCUT2D eigenvalue weighted by atomic mass is 10.1. The Balaban J connectivity index is 2.02. The molecule has 0 aromatic carbocycles. The van der Waals surface area contributed by atoms with Crippen LogP contribution in [0.1, 0.15) is 39.5 Å². The van der Waals surface area contributed by atoms with Gasteiger partial charge in [-0.2, -0.15) is 0 Å². The predicted molar refractivity (Wildman–Crippen MR) is 57.8 cm³/mol. The Hall–Kier alpha value is -0.770. The number of carbonyl (C=O) groups is 1. The maximum absolute atomic E-state index is 11.1. The van der Waals surface area contributed by atoms with Crippen molar-refractivity contribution in [2.45, 2.75) is 51.7 Å². The van der Waals surface area contributed by atoms with E-state index in [2.05, 4.69) is 5.32 Å². The van der Waals surface area contributed by atoms with Crippen molar-refractivity contribution >= 4 is 6.09 Å². The summed E-state index contributed by atoms with van der Waals surface area (Å²) in [6.07, 6.45) is 4.32. The number of carbonyl (C=O) groups excluding carboxylic acids is 1. The monoisotopic (exact) mass is 215 g/mol. The molecule has 88 valence electrons. The molecule has 1 fully saturated rings. The molecule has 1 heterocycles. The van der Waals surface area contributed by atoms with E-state index in [-0.39, 0.29) is 12.2 Å². The Labute approximate surface area is 91.3 Å². The highest BCUT2D eigenvalue weighted by Gasteiger charge is 2.13. The molecule has 4 heteroatoms. The summed E-state index contributed by atoms with van der Waals surface area (Å²) in [4.78, 5) is 11.1. The Morgan fingerprint density at radius 3 is 2.93 bits per heavy atom. The molecule has 1 aliphatic rings. The summed E-state index contributed by atoms with van der Waals surface area (Å²) in [6.45, 7) is 5.17. The molecule has 0 aromatic rings. The van der Waals surface area contributed by atoms with E-state index in [1.54, 1.807) is 0 Å². The number of amides is 1. The Morgan fingerprint density at radius 1 is 1.53 bits per heavy atom. The third-order valence-electron chi connectivity index (χ3n) is 2.35. The lowest BCUT2D eigenvalue weighted by Gasteiger charge is -2.22. The number of ether oxygens (including phenoxy) is 2. The van der Waals surface area contributed by atoms with E-state index < -0.39 is 0 Å². The summed E-state index contributed by atoms with van der Waals surface area (Å²) in [5, 5.41) is 2.72. The second-order valence-corrected chi connectivity index (χ2v) is 4.16. The van der Waals surface area contributed by atoms with Crippen molar-refractivity contribution in [3.8, 4) is 0 Å². The molecule has 0 bridgehead atoms. The zero-order chi connectivity index (χ0) is 11.1. The molecule has 1 atom stereocenters. The molecule has 1 amide bonds. The number of hydrogen-bond acceptors (Lipinski definition) is 3. The second kappa shape index (κ2) is 6.67. The van der Waals surface area contributed by atoms with Crippen LogP contribution in [0.3, 0.4) is 0 Å². The van der Waals surface area contributed by atoms with E-state index in [1.165, 1.54) is 12.8 Å². The van der Waals surface area contributed by atoms with E-state index in [9.17, 15) is 4.79 Å². The van der Waals surface area contributed by atoms with Crippen LogP contribution in [0.15, 0.2) is 0 Å². The highest BCUT2D eigenvalue weighted by atomic mass is 16.6. The van der Waals surface area contributed by atoms with Gasteiger partial charge in [-0.15, -0.1) is 0 Å². The van der Waals surface area contributed by atoms with Gasteiger partial charge in [-0.05, 0) is 39.5 Å². The van der Waals surface area contributed by atoms with Gasteiger partial charge in [0.2, 0.25) is 0 Å². The summed E-state index contributed by atoms with van der Waals surface area (Å²) in [6, 6.07) is 0. The minimum Gasteiger partial charge on any atom is -0.447 e. The normalized spacial score (nSPS) is 21.4. The molecule has 0 aliphatic carbocycles. The molecule has 0 radical (unpaired) electrons. The standard InChI is InChI=1S/C11H21NO3/c1-9(2)15-11(13)12-7-6-10-5-3-4-8-14-10/h9-10H,3-8H2,1-2H3,(H,12,13). The molecule has 1 aliphatic heterocycles. The van der Waals surface area contributed by atoms with E-state index in [4.69, 9.17) is 9.47 Å². The molecular weight excluding hydrogens is 194 g/mol. The molecule has 1 unspecified atom stereocenters. The van der Waals surface area contributed by atoms with Gasteiger partial charge >= 0.3 is 6.09 Å².